The molecule has 5 heteroatoms. The first-order valence-corrected chi connectivity index (χ1v) is 6.38. The number of benzene rings is 1. The SMILES string of the molecule is CCCCc1noc(-c2cc(N)ccc2Br)n1. The third kappa shape index (κ3) is 2.85. The van der Waals surface area contributed by atoms with Gasteiger partial charge in [-0.2, -0.15) is 4.98 Å². The van der Waals surface area contributed by atoms with E-state index in [1.54, 1.807) is 0 Å². The molecule has 2 N–H and O–H groups in total. The lowest BCUT2D eigenvalue weighted by molar-refractivity contribution is 0.421. The van der Waals surface area contributed by atoms with Gasteiger partial charge in [0.1, 0.15) is 0 Å². The monoisotopic (exact) mass is 295 g/mol. The normalized spacial score (nSPS) is 10.7. The Morgan fingerprint density at radius 2 is 2.24 bits per heavy atom. The molecule has 0 unspecified atom stereocenters. The van der Waals surface area contributed by atoms with Crippen LogP contribution in [0.2, 0.25) is 0 Å². The van der Waals surface area contributed by atoms with Crippen molar-refractivity contribution in [2.24, 2.45) is 0 Å². The van der Waals surface area contributed by atoms with Gasteiger partial charge in [0, 0.05) is 16.6 Å². The Morgan fingerprint density at radius 3 is 3.00 bits per heavy atom. The summed E-state index contributed by atoms with van der Waals surface area (Å²) in [6.07, 6.45) is 3.03. The summed E-state index contributed by atoms with van der Waals surface area (Å²) in [5.74, 6) is 1.26. The number of rotatable bonds is 4. The van der Waals surface area contributed by atoms with Crippen molar-refractivity contribution in [2.75, 3.05) is 5.73 Å². The van der Waals surface area contributed by atoms with E-state index in [4.69, 9.17) is 10.3 Å². The van der Waals surface area contributed by atoms with E-state index in [0.29, 0.717) is 11.6 Å². The van der Waals surface area contributed by atoms with Gasteiger partial charge >= 0.3 is 0 Å². The summed E-state index contributed by atoms with van der Waals surface area (Å²) in [4.78, 5) is 4.36. The summed E-state index contributed by atoms with van der Waals surface area (Å²) >= 11 is 3.45. The molecular weight excluding hydrogens is 282 g/mol. The Balaban J connectivity index is 2.27. The second-order valence-corrected chi connectivity index (χ2v) is 4.71. The summed E-state index contributed by atoms with van der Waals surface area (Å²) < 4.78 is 6.14. The zero-order valence-electron chi connectivity index (χ0n) is 9.61. The Hall–Kier alpha value is -1.36. The largest absolute Gasteiger partial charge is 0.399 e. The maximum atomic E-state index is 5.74. The third-order valence-corrected chi connectivity index (χ3v) is 3.13. The molecule has 0 amide bonds. The average molecular weight is 296 g/mol. The van der Waals surface area contributed by atoms with Crippen molar-refractivity contribution in [3.05, 3.63) is 28.5 Å². The van der Waals surface area contributed by atoms with Crippen LogP contribution in [-0.2, 0) is 6.42 Å². The molecule has 0 aliphatic rings. The lowest BCUT2D eigenvalue weighted by Crippen LogP contribution is -1.89. The zero-order valence-corrected chi connectivity index (χ0v) is 11.2. The van der Waals surface area contributed by atoms with Crippen LogP contribution in [0.1, 0.15) is 25.6 Å². The molecule has 2 rings (SSSR count). The fraction of sp³-hybridized carbons (Fsp3) is 0.333. The van der Waals surface area contributed by atoms with Crippen LogP contribution in [0.25, 0.3) is 11.5 Å². The van der Waals surface area contributed by atoms with E-state index in [1.165, 1.54) is 0 Å². The molecule has 4 nitrogen and oxygen atoms in total. The second-order valence-electron chi connectivity index (χ2n) is 3.86. The maximum Gasteiger partial charge on any atom is 0.259 e. The molecule has 0 aliphatic carbocycles. The van der Waals surface area contributed by atoms with Crippen molar-refractivity contribution in [3.8, 4) is 11.5 Å². The van der Waals surface area contributed by atoms with E-state index in [1.807, 2.05) is 18.2 Å². The number of halogens is 1. The zero-order chi connectivity index (χ0) is 12.3. The number of nitrogens with two attached hydrogens (primary N) is 1. The van der Waals surface area contributed by atoms with Crippen LogP contribution in [0, 0.1) is 0 Å². The fourth-order valence-electron chi connectivity index (χ4n) is 1.51. The van der Waals surface area contributed by atoms with Crippen molar-refractivity contribution in [3.63, 3.8) is 0 Å². The third-order valence-electron chi connectivity index (χ3n) is 2.44. The Labute approximate surface area is 108 Å². The highest BCUT2D eigenvalue weighted by Crippen LogP contribution is 2.28. The van der Waals surface area contributed by atoms with E-state index in [-0.39, 0.29) is 0 Å². The lowest BCUT2D eigenvalue weighted by atomic mass is 10.2. The first kappa shape index (κ1) is 12.1. The lowest BCUT2D eigenvalue weighted by Gasteiger charge is -1.99. The molecule has 0 saturated carbocycles. The number of aryl methyl sites for hydroxylation is 1. The van der Waals surface area contributed by atoms with E-state index < -0.39 is 0 Å². The highest BCUT2D eigenvalue weighted by Gasteiger charge is 2.11. The summed E-state index contributed by atoms with van der Waals surface area (Å²) in [6.45, 7) is 2.13. The minimum atomic E-state index is 0.510. The summed E-state index contributed by atoms with van der Waals surface area (Å²) in [6, 6.07) is 5.52. The summed E-state index contributed by atoms with van der Waals surface area (Å²) in [5.41, 5.74) is 7.25. The van der Waals surface area contributed by atoms with Gasteiger partial charge in [-0.15, -0.1) is 0 Å². The van der Waals surface area contributed by atoms with Crippen LogP contribution >= 0.6 is 15.9 Å². The molecule has 1 aromatic heterocycles. The van der Waals surface area contributed by atoms with E-state index in [2.05, 4.69) is 33.0 Å². The van der Waals surface area contributed by atoms with Crippen LogP contribution in [0.15, 0.2) is 27.2 Å². The molecule has 0 atom stereocenters. The highest BCUT2D eigenvalue weighted by molar-refractivity contribution is 9.10. The predicted molar refractivity (Wildman–Crippen MR) is 70.5 cm³/mol. The summed E-state index contributed by atoms with van der Waals surface area (Å²) in [5, 5.41) is 3.95. The van der Waals surface area contributed by atoms with Crippen molar-refractivity contribution in [2.45, 2.75) is 26.2 Å². The second kappa shape index (κ2) is 5.31. The van der Waals surface area contributed by atoms with Gasteiger partial charge in [0.2, 0.25) is 0 Å². The molecule has 0 fully saturated rings. The Bertz CT molecular complexity index is 510. The van der Waals surface area contributed by atoms with E-state index >= 15 is 0 Å². The maximum absolute atomic E-state index is 5.74. The van der Waals surface area contributed by atoms with E-state index in [0.717, 1.165) is 35.1 Å². The number of nitrogens with zero attached hydrogens (tertiary/aromatic N) is 2. The fourth-order valence-corrected chi connectivity index (χ4v) is 1.92. The molecule has 17 heavy (non-hydrogen) atoms. The van der Waals surface area contributed by atoms with E-state index in [9.17, 15) is 0 Å². The van der Waals surface area contributed by atoms with Crippen molar-refractivity contribution < 1.29 is 4.52 Å². The van der Waals surface area contributed by atoms with Crippen LogP contribution in [0.3, 0.4) is 0 Å². The van der Waals surface area contributed by atoms with Gasteiger partial charge in [0.15, 0.2) is 5.82 Å². The quantitative estimate of drug-likeness (QED) is 0.878. The predicted octanol–water partition coefficient (Wildman–Crippen LogP) is 3.42. The topological polar surface area (TPSA) is 64.9 Å². The van der Waals surface area contributed by atoms with Gasteiger partial charge in [0.25, 0.3) is 5.89 Å². The van der Waals surface area contributed by atoms with Crippen molar-refractivity contribution in [1.82, 2.24) is 10.1 Å². The molecular formula is C12H14BrN3O. The number of nitrogen functional groups attached to an aromatic ring is 1. The number of hydrogen-bond acceptors (Lipinski definition) is 4. The van der Waals surface area contributed by atoms with Gasteiger partial charge in [-0.1, -0.05) is 18.5 Å². The van der Waals surface area contributed by atoms with Gasteiger partial charge < -0.3 is 10.3 Å². The smallest absolute Gasteiger partial charge is 0.259 e. The molecule has 90 valence electrons. The highest BCUT2D eigenvalue weighted by atomic mass is 79.9. The van der Waals surface area contributed by atoms with Crippen molar-refractivity contribution in [1.29, 1.82) is 0 Å². The van der Waals surface area contributed by atoms with Gasteiger partial charge in [-0.05, 0) is 40.5 Å². The van der Waals surface area contributed by atoms with Crippen LogP contribution in [-0.4, -0.2) is 10.1 Å². The standard InChI is InChI=1S/C12H14BrN3O/c1-2-3-4-11-15-12(17-16-11)9-7-8(14)5-6-10(9)13/h5-7H,2-4,14H2,1H3. The van der Waals surface area contributed by atoms with Gasteiger partial charge in [-0.25, -0.2) is 0 Å². The van der Waals surface area contributed by atoms with Crippen LogP contribution in [0.4, 0.5) is 5.69 Å². The summed E-state index contributed by atoms with van der Waals surface area (Å²) in [7, 11) is 0. The molecule has 1 aromatic carbocycles. The molecule has 0 radical (unpaired) electrons. The van der Waals surface area contributed by atoms with Crippen LogP contribution in [0.5, 0.6) is 0 Å². The number of anilines is 1. The van der Waals surface area contributed by atoms with Gasteiger partial charge in [-0.3, -0.25) is 0 Å². The average Bonchev–Trinajstić information content (AvgIpc) is 2.78. The molecule has 0 spiro atoms. The van der Waals surface area contributed by atoms with Crippen molar-refractivity contribution >= 4 is 21.6 Å². The molecule has 0 bridgehead atoms. The Kier molecular flexibility index (Phi) is 3.78. The molecule has 0 aliphatic heterocycles. The minimum Gasteiger partial charge on any atom is -0.399 e. The molecule has 0 saturated heterocycles. The number of unbranched alkanes of at least 4 members (excludes halogenated alkanes) is 1. The van der Waals surface area contributed by atoms with Crippen LogP contribution < -0.4 is 5.73 Å². The number of hydrogen-bond donors (Lipinski definition) is 1. The molecule has 2 aromatic rings. The first-order valence-electron chi connectivity index (χ1n) is 5.58. The number of aromatic nitrogens is 2. The first-order chi connectivity index (χ1) is 8.20. The van der Waals surface area contributed by atoms with Gasteiger partial charge in [0.05, 0.1) is 5.56 Å². The minimum absolute atomic E-state index is 0.510. The Morgan fingerprint density at radius 1 is 1.41 bits per heavy atom. The molecule has 1 heterocycles.